The summed E-state index contributed by atoms with van der Waals surface area (Å²) >= 11 is 0. The second-order valence-corrected chi connectivity index (χ2v) is 9.07. The topological polar surface area (TPSA) is 132 Å². The molecule has 1 saturated heterocycles. The molecule has 0 spiro atoms. The van der Waals surface area contributed by atoms with Crippen LogP contribution in [0.5, 0.6) is 5.75 Å². The van der Waals surface area contributed by atoms with Gasteiger partial charge in [-0.05, 0) is 49.9 Å². The van der Waals surface area contributed by atoms with Gasteiger partial charge in [0, 0.05) is 17.4 Å². The normalized spacial score (nSPS) is 21.8. The zero-order valence-corrected chi connectivity index (χ0v) is 19.3. The minimum absolute atomic E-state index is 0.312. The van der Waals surface area contributed by atoms with Gasteiger partial charge in [0.2, 0.25) is 5.91 Å². The van der Waals surface area contributed by atoms with Crippen molar-refractivity contribution < 1.29 is 29.0 Å². The Morgan fingerprint density at radius 3 is 2.55 bits per heavy atom. The first kappa shape index (κ1) is 22.6. The Hall–Kier alpha value is -3.56. The molecule has 2 aliphatic heterocycles. The van der Waals surface area contributed by atoms with E-state index in [4.69, 9.17) is 4.74 Å². The van der Waals surface area contributed by atoms with Crippen LogP contribution in [0.2, 0.25) is 0 Å². The number of imide groups is 1. The molecule has 2 aliphatic rings. The van der Waals surface area contributed by atoms with Crippen molar-refractivity contribution in [3.63, 3.8) is 0 Å². The number of hydrogen-bond donors (Lipinski definition) is 3. The predicted octanol–water partition coefficient (Wildman–Crippen LogP) is 1.83. The maximum Gasteiger partial charge on any atom is 0.328 e. The van der Waals surface area contributed by atoms with Gasteiger partial charge in [-0.2, -0.15) is 0 Å². The van der Waals surface area contributed by atoms with Crippen molar-refractivity contribution in [2.75, 3.05) is 13.7 Å². The largest absolute Gasteiger partial charge is 0.497 e. The number of carbonyl (C=O) groups is 4. The van der Waals surface area contributed by atoms with Crippen LogP contribution in [0, 0.1) is 5.92 Å². The van der Waals surface area contributed by atoms with Crippen LogP contribution in [-0.2, 0) is 26.3 Å². The number of amides is 4. The molecule has 33 heavy (non-hydrogen) atoms. The third-order valence-corrected chi connectivity index (χ3v) is 6.79. The molecule has 4 rings (SSSR count). The summed E-state index contributed by atoms with van der Waals surface area (Å²) in [5.41, 5.74) is 1.09. The van der Waals surface area contributed by atoms with Crippen LogP contribution in [0.4, 0.5) is 4.79 Å². The summed E-state index contributed by atoms with van der Waals surface area (Å²) in [5.74, 6) is -2.06. The minimum Gasteiger partial charge on any atom is -0.497 e. The summed E-state index contributed by atoms with van der Waals surface area (Å²) in [5, 5.41) is 12.8. The van der Waals surface area contributed by atoms with Crippen molar-refractivity contribution in [1.82, 2.24) is 20.1 Å². The summed E-state index contributed by atoms with van der Waals surface area (Å²) in [6, 6.07) is 2.73. The summed E-state index contributed by atoms with van der Waals surface area (Å²) in [6.07, 6.45) is 0.542. The van der Waals surface area contributed by atoms with Gasteiger partial charge < -0.3 is 25.0 Å². The van der Waals surface area contributed by atoms with Crippen molar-refractivity contribution in [3.05, 3.63) is 29.5 Å². The fraction of sp³-hybridized carbons (Fsp3) is 0.478. The third-order valence-electron chi connectivity index (χ3n) is 6.79. The lowest BCUT2D eigenvalue weighted by molar-refractivity contribution is -0.144. The number of H-pyrrole nitrogens is 1. The molecule has 3 N–H and O–H groups in total. The minimum atomic E-state index is -1.30. The zero-order valence-electron chi connectivity index (χ0n) is 19.3. The molecule has 3 heterocycles. The number of aliphatic carboxylic acids is 1. The van der Waals surface area contributed by atoms with E-state index in [1.54, 1.807) is 27.9 Å². The van der Waals surface area contributed by atoms with Gasteiger partial charge in [0.15, 0.2) is 5.54 Å². The van der Waals surface area contributed by atoms with Gasteiger partial charge >= 0.3 is 12.0 Å². The first-order valence-electron chi connectivity index (χ1n) is 10.9. The molecule has 0 saturated carbocycles. The molecule has 0 unspecified atom stereocenters. The molecule has 2 aromatic rings. The molecule has 176 valence electrons. The Labute approximate surface area is 190 Å². The van der Waals surface area contributed by atoms with E-state index in [0.29, 0.717) is 24.4 Å². The van der Waals surface area contributed by atoms with E-state index < -0.39 is 41.4 Å². The Morgan fingerprint density at radius 1 is 1.24 bits per heavy atom. The number of carboxylic acids is 1. The highest BCUT2D eigenvalue weighted by Crippen LogP contribution is 2.45. The third kappa shape index (κ3) is 3.23. The number of carboxylic acid groups (broad SMARTS) is 1. The van der Waals surface area contributed by atoms with E-state index in [-0.39, 0.29) is 5.92 Å². The van der Waals surface area contributed by atoms with Crippen molar-refractivity contribution >= 4 is 34.7 Å². The van der Waals surface area contributed by atoms with Crippen LogP contribution < -0.4 is 10.1 Å². The molecular formula is C23H28N4O6. The van der Waals surface area contributed by atoms with E-state index in [9.17, 15) is 24.3 Å². The van der Waals surface area contributed by atoms with Crippen LogP contribution >= 0.6 is 0 Å². The van der Waals surface area contributed by atoms with E-state index >= 15 is 0 Å². The van der Waals surface area contributed by atoms with Crippen LogP contribution in [0.15, 0.2) is 18.2 Å². The van der Waals surface area contributed by atoms with Crippen molar-refractivity contribution in [3.8, 4) is 5.75 Å². The molecule has 10 nitrogen and oxygen atoms in total. The van der Waals surface area contributed by atoms with Crippen LogP contribution in [0.25, 0.3) is 10.9 Å². The summed E-state index contributed by atoms with van der Waals surface area (Å²) in [7, 11) is 1.58. The number of nitrogens with one attached hydrogen (secondary N) is 2. The van der Waals surface area contributed by atoms with E-state index in [2.05, 4.69) is 10.3 Å². The number of hydrogen-bond acceptors (Lipinski definition) is 5. The smallest absolute Gasteiger partial charge is 0.328 e. The number of urea groups is 1. The Morgan fingerprint density at radius 2 is 1.94 bits per heavy atom. The van der Waals surface area contributed by atoms with Gasteiger partial charge in [0.1, 0.15) is 17.8 Å². The lowest BCUT2D eigenvalue weighted by Gasteiger charge is -2.36. The van der Waals surface area contributed by atoms with Gasteiger partial charge in [0.25, 0.3) is 5.91 Å². The highest BCUT2D eigenvalue weighted by atomic mass is 16.5. The predicted molar refractivity (Wildman–Crippen MR) is 119 cm³/mol. The van der Waals surface area contributed by atoms with Crippen LogP contribution in [-0.4, -0.2) is 69.4 Å². The Kier molecular flexibility index (Phi) is 5.34. The second kappa shape index (κ2) is 7.79. The first-order valence-corrected chi connectivity index (χ1v) is 10.9. The first-order chi connectivity index (χ1) is 15.5. The van der Waals surface area contributed by atoms with Crippen LogP contribution in [0.3, 0.4) is 0 Å². The Balaban J connectivity index is 1.70. The zero-order chi connectivity index (χ0) is 24.2. The number of rotatable bonds is 6. The maximum atomic E-state index is 13.7. The summed E-state index contributed by atoms with van der Waals surface area (Å²) in [4.78, 5) is 57.0. The van der Waals surface area contributed by atoms with E-state index in [1.165, 1.54) is 11.8 Å². The molecule has 0 radical (unpaired) electrons. The number of aromatic amines is 1. The standard InChI is InChI=1S/C23H28N4O6/c1-11(2)17(20(29)30)25-19(28)12(3)27-21(31)23(4)18-14(8-9-26(23)22(27)32)15-10-13(33-5)6-7-16(15)24-18/h6-7,10-12,17,24H,8-9H2,1-5H3,(H,25,28)(H,29,30)/t12-,17+,23-/m0/s1. The van der Waals surface area contributed by atoms with Gasteiger partial charge in [-0.3, -0.25) is 9.59 Å². The lowest BCUT2D eigenvalue weighted by atomic mass is 9.87. The summed E-state index contributed by atoms with van der Waals surface area (Å²) < 4.78 is 5.33. The fourth-order valence-corrected chi connectivity index (χ4v) is 4.82. The highest BCUT2D eigenvalue weighted by molar-refractivity contribution is 6.11. The number of ether oxygens (including phenoxy) is 1. The van der Waals surface area contributed by atoms with Crippen molar-refractivity contribution in [2.45, 2.75) is 51.7 Å². The van der Waals surface area contributed by atoms with Crippen LogP contribution in [0.1, 0.15) is 39.0 Å². The monoisotopic (exact) mass is 456 g/mol. The number of methoxy groups -OCH3 is 1. The SMILES string of the molecule is COc1ccc2[nH]c3c(c2c1)CCN1C(=O)N([C@@H](C)C(=O)N[C@@H](C(=O)O)C(C)C)C(=O)[C@]31C. The van der Waals surface area contributed by atoms with Crippen molar-refractivity contribution in [1.29, 1.82) is 0 Å². The average molecular weight is 456 g/mol. The number of aromatic nitrogens is 1. The molecular weight excluding hydrogens is 428 g/mol. The van der Waals surface area contributed by atoms with E-state index in [1.807, 2.05) is 18.2 Å². The molecule has 0 aliphatic carbocycles. The summed E-state index contributed by atoms with van der Waals surface area (Å²) in [6.45, 7) is 6.76. The molecule has 1 fully saturated rings. The highest BCUT2D eigenvalue weighted by Gasteiger charge is 2.60. The Bertz CT molecular complexity index is 1170. The second-order valence-electron chi connectivity index (χ2n) is 9.07. The number of carbonyl (C=O) groups excluding carboxylic acids is 3. The quantitative estimate of drug-likeness (QED) is 0.568. The number of nitrogens with zero attached hydrogens (tertiary/aromatic N) is 2. The van der Waals surface area contributed by atoms with Crippen molar-refractivity contribution in [2.24, 2.45) is 5.92 Å². The molecule has 10 heteroatoms. The number of fused-ring (bicyclic) bond motifs is 5. The number of benzene rings is 1. The van der Waals surface area contributed by atoms with Gasteiger partial charge in [0.05, 0.1) is 12.8 Å². The van der Waals surface area contributed by atoms with Gasteiger partial charge in [-0.25, -0.2) is 14.5 Å². The molecule has 1 aromatic carbocycles. The molecule has 3 atom stereocenters. The molecule has 1 aromatic heterocycles. The van der Waals surface area contributed by atoms with Gasteiger partial charge in [-0.1, -0.05) is 13.8 Å². The van der Waals surface area contributed by atoms with Gasteiger partial charge in [-0.15, -0.1) is 0 Å². The molecule has 0 bridgehead atoms. The maximum absolute atomic E-state index is 13.7. The average Bonchev–Trinajstić information content (AvgIpc) is 3.24. The lowest BCUT2D eigenvalue weighted by Crippen LogP contribution is -2.54. The fourth-order valence-electron chi connectivity index (χ4n) is 4.82. The molecule has 4 amide bonds. The van der Waals surface area contributed by atoms with E-state index in [0.717, 1.165) is 21.4 Å².